The molecule has 0 unspecified atom stereocenters. The van der Waals surface area contributed by atoms with Crippen molar-refractivity contribution in [2.45, 2.75) is 0 Å². The number of amides is 2. The van der Waals surface area contributed by atoms with Crippen molar-refractivity contribution in [2.75, 3.05) is 5.32 Å². The highest BCUT2D eigenvalue weighted by Crippen LogP contribution is 2.16. The quantitative estimate of drug-likeness (QED) is 0.705. The van der Waals surface area contributed by atoms with Gasteiger partial charge in [-0.2, -0.15) is 0 Å². The Morgan fingerprint density at radius 1 is 1.50 bits per heavy atom. The summed E-state index contributed by atoms with van der Waals surface area (Å²) in [4.78, 5) is 14.9. The van der Waals surface area contributed by atoms with Gasteiger partial charge in [0.05, 0.1) is 11.0 Å². The van der Waals surface area contributed by atoms with Gasteiger partial charge in [-0.15, -0.1) is 0 Å². The topological polar surface area (TPSA) is 72.9 Å². The van der Waals surface area contributed by atoms with Crippen molar-refractivity contribution in [1.82, 2.24) is 9.55 Å². The number of urea groups is 1. The molecule has 0 aliphatic carbocycles. The van der Waals surface area contributed by atoms with E-state index in [1.165, 1.54) is 0 Å². The number of carbonyl (C=O) groups is 1. The van der Waals surface area contributed by atoms with Gasteiger partial charge >= 0.3 is 6.03 Å². The zero-order valence-electron chi connectivity index (χ0n) is 7.69. The highest BCUT2D eigenvalue weighted by Gasteiger charge is 2.07. The second kappa shape index (κ2) is 3.02. The number of imidazole rings is 1. The van der Waals surface area contributed by atoms with E-state index in [0.717, 1.165) is 11.0 Å². The van der Waals surface area contributed by atoms with Crippen molar-refractivity contribution in [3.05, 3.63) is 24.3 Å². The fourth-order valence-electron chi connectivity index (χ4n) is 1.37. The van der Waals surface area contributed by atoms with E-state index in [9.17, 15) is 4.79 Å². The van der Waals surface area contributed by atoms with Crippen LogP contribution < -0.4 is 11.1 Å². The van der Waals surface area contributed by atoms with E-state index in [1.807, 2.05) is 31.3 Å². The number of hydrogen-bond acceptors (Lipinski definition) is 2. The van der Waals surface area contributed by atoms with Crippen LogP contribution in [0, 0.1) is 0 Å². The molecule has 72 valence electrons. The van der Waals surface area contributed by atoms with Gasteiger partial charge in [0.1, 0.15) is 0 Å². The molecule has 2 amide bonds. The van der Waals surface area contributed by atoms with Crippen molar-refractivity contribution in [3.8, 4) is 0 Å². The lowest BCUT2D eigenvalue weighted by molar-refractivity contribution is 0.259. The van der Waals surface area contributed by atoms with Crippen LogP contribution in [0.2, 0.25) is 0 Å². The molecule has 2 rings (SSSR count). The Morgan fingerprint density at radius 2 is 2.21 bits per heavy atom. The number of fused-ring (bicyclic) bond motifs is 1. The molecular formula is C9H10N4O. The zero-order chi connectivity index (χ0) is 10.1. The van der Waals surface area contributed by atoms with E-state index < -0.39 is 6.03 Å². The fraction of sp³-hybridized carbons (Fsp3) is 0.111. The van der Waals surface area contributed by atoms with Gasteiger partial charge < -0.3 is 10.3 Å². The van der Waals surface area contributed by atoms with Crippen LogP contribution in [0.3, 0.4) is 0 Å². The van der Waals surface area contributed by atoms with Gasteiger partial charge in [0.2, 0.25) is 5.95 Å². The molecule has 0 saturated carbocycles. The van der Waals surface area contributed by atoms with Gasteiger partial charge in [-0.1, -0.05) is 12.1 Å². The number of benzene rings is 1. The van der Waals surface area contributed by atoms with Gasteiger partial charge in [-0.25, -0.2) is 9.78 Å². The van der Waals surface area contributed by atoms with Crippen LogP contribution in [0.15, 0.2) is 24.3 Å². The number of para-hydroxylation sites is 2. The van der Waals surface area contributed by atoms with Crippen LogP contribution in [0.5, 0.6) is 0 Å². The number of anilines is 1. The average Bonchev–Trinajstić information content (AvgIpc) is 2.44. The highest BCUT2D eigenvalue weighted by molar-refractivity contribution is 5.89. The predicted molar refractivity (Wildman–Crippen MR) is 53.9 cm³/mol. The summed E-state index contributed by atoms with van der Waals surface area (Å²) in [6, 6.07) is 7.00. The van der Waals surface area contributed by atoms with Crippen molar-refractivity contribution < 1.29 is 4.79 Å². The van der Waals surface area contributed by atoms with Crippen LogP contribution in [0.4, 0.5) is 10.7 Å². The van der Waals surface area contributed by atoms with Gasteiger partial charge in [0.25, 0.3) is 0 Å². The van der Waals surface area contributed by atoms with E-state index >= 15 is 0 Å². The third-order valence-corrected chi connectivity index (χ3v) is 2.02. The molecule has 0 aliphatic heterocycles. The number of aryl methyl sites for hydroxylation is 1. The Kier molecular flexibility index (Phi) is 1.85. The normalized spacial score (nSPS) is 10.4. The average molecular weight is 190 g/mol. The number of aromatic nitrogens is 2. The Hall–Kier alpha value is -2.04. The first-order valence-corrected chi connectivity index (χ1v) is 4.16. The highest BCUT2D eigenvalue weighted by atomic mass is 16.2. The van der Waals surface area contributed by atoms with Crippen molar-refractivity contribution in [2.24, 2.45) is 12.8 Å². The first kappa shape index (κ1) is 8.55. The van der Waals surface area contributed by atoms with Crippen LogP contribution in [0.1, 0.15) is 0 Å². The molecule has 1 aromatic carbocycles. The Labute approximate surface area is 80.5 Å². The van der Waals surface area contributed by atoms with E-state index in [2.05, 4.69) is 10.3 Å². The molecule has 0 spiro atoms. The summed E-state index contributed by atoms with van der Waals surface area (Å²) in [6.07, 6.45) is 0. The molecule has 0 radical (unpaired) electrons. The number of primary amides is 1. The second-order valence-electron chi connectivity index (χ2n) is 2.97. The zero-order valence-corrected chi connectivity index (χ0v) is 7.69. The molecule has 0 saturated heterocycles. The summed E-state index contributed by atoms with van der Waals surface area (Å²) in [5, 5.41) is 2.45. The van der Waals surface area contributed by atoms with Crippen molar-refractivity contribution in [3.63, 3.8) is 0 Å². The Balaban J connectivity index is 2.57. The Morgan fingerprint density at radius 3 is 2.86 bits per heavy atom. The number of nitrogens with two attached hydrogens (primary N) is 1. The molecule has 14 heavy (non-hydrogen) atoms. The minimum atomic E-state index is -0.608. The molecule has 0 fully saturated rings. The van der Waals surface area contributed by atoms with Crippen molar-refractivity contribution >= 4 is 23.0 Å². The standard InChI is InChI=1S/C9H10N4O/c1-13-7-5-3-2-4-6(7)11-9(13)12-8(10)14/h2-5H,1H3,(H3,10,11,12,14). The largest absolute Gasteiger partial charge is 0.351 e. The number of hydrogen-bond donors (Lipinski definition) is 2. The van der Waals surface area contributed by atoms with Crippen LogP contribution in [-0.4, -0.2) is 15.6 Å². The third-order valence-electron chi connectivity index (χ3n) is 2.02. The molecule has 5 heteroatoms. The predicted octanol–water partition coefficient (Wildman–Crippen LogP) is 1.06. The number of nitrogens with zero attached hydrogens (tertiary/aromatic N) is 2. The maximum absolute atomic E-state index is 10.7. The van der Waals surface area contributed by atoms with E-state index in [0.29, 0.717) is 5.95 Å². The minimum absolute atomic E-state index is 0.457. The van der Waals surface area contributed by atoms with Gasteiger partial charge in [0, 0.05) is 7.05 Å². The Bertz CT molecular complexity index is 489. The summed E-state index contributed by atoms with van der Waals surface area (Å²) in [6.45, 7) is 0. The van der Waals surface area contributed by atoms with Crippen LogP contribution in [0.25, 0.3) is 11.0 Å². The summed E-state index contributed by atoms with van der Waals surface area (Å²) in [5.41, 5.74) is 6.80. The lowest BCUT2D eigenvalue weighted by Crippen LogP contribution is -2.21. The van der Waals surface area contributed by atoms with Gasteiger partial charge in [-0.3, -0.25) is 5.32 Å². The SMILES string of the molecule is Cn1c(NC(N)=O)nc2ccccc21. The summed E-state index contributed by atoms with van der Waals surface area (Å²) >= 11 is 0. The molecule has 0 atom stereocenters. The lowest BCUT2D eigenvalue weighted by atomic mass is 10.3. The fourth-order valence-corrected chi connectivity index (χ4v) is 1.37. The molecular weight excluding hydrogens is 180 g/mol. The first-order chi connectivity index (χ1) is 6.68. The summed E-state index contributed by atoms with van der Waals surface area (Å²) in [5.74, 6) is 0.457. The molecule has 0 aliphatic rings. The number of nitrogens with one attached hydrogen (secondary N) is 1. The van der Waals surface area contributed by atoms with E-state index in [-0.39, 0.29) is 0 Å². The van der Waals surface area contributed by atoms with Gasteiger partial charge in [0.15, 0.2) is 0 Å². The monoisotopic (exact) mass is 190 g/mol. The van der Waals surface area contributed by atoms with Crippen LogP contribution in [-0.2, 0) is 7.05 Å². The molecule has 0 bridgehead atoms. The summed E-state index contributed by atoms with van der Waals surface area (Å²) < 4.78 is 1.78. The number of rotatable bonds is 1. The molecule has 1 heterocycles. The first-order valence-electron chi connectivity index (χ1n) is 4.16. The molecule has 5 nitrogen and oxygen atoms in total. The van der Waals surface area contributed by atoms with E-state index in [1.54, 1.807) is 4.57 Å². The van der Waals surface area contributed by atoms with Crippen molar-refractivity contribution in [1.29, 1.82) is 0 Å². The minimum Gasteiger partial charge on any atom is -0.351 e. The van der Waals surface area contributed by atoms with Crippen LogP contribution >= 0.6 is 0 Å². The molecule has 1 aromatic heterocycles. The molecule has 2 aromatic rings. The third kappa shape index (κ3) is 1.28. The number of carbonyl (C=O) groups excluding carboxylic acids is 1. The second-order valence-corrected chi connectivity index (χ2v) is 2.97. The maximum Gasteiger partial charge on any atom is 0.318 e. The smallest absolute Gasteiger partial charge is 0.318 e. The molecule has 3 N–H and O–H groups in total. The maximum atomic E-state index is 10.7. The lowest BCUT2D eigenvalue weighted by Gasteiger charge is -2.00. The van der Waals surface area contributed by atoms with E-state index in [4.69, 9.17) is 5.73 Å². The van der Waals surface area contributed by atoms with Gasteiger partial charge in [-0.05, 0) is 12.1 Å². The summed E-state index contributed by atoms with van der Waals surface area (Å²) in [7, 11) is 1.82.